The Kier molecular flexibility index (Phi) is 5.28. The summed E-state index contributed by atoms with van der Waals surface area (Å²) in [5, 5.41) is 2.85. The van der Waals surface area contributed by atoms with Crippen LogP contribution in [0.15, 0.2) is 30.3 Å². The molecule has 5 nitrogen and oxygen atoms in total. The number of hydrogen-bond acceptors (Lipinski definition) is 3. The third kappa shape index (κ3) is 4.10. The highest BCUT2D eigenvalue weighted by Crippen LogP contribution is 2.26. The SMILES string of the molecule is O=C1C[C@@H](c2ccccc2)N(C(=O)COC2CCCC2)CCN1. The summed E-state index contributed by atoms with van der Waals surface area (Å²) >= 11 is 0. The minimum Gasteiger partial charge on any atom is -0.368 e. The predicted molar refractivity (Wildman–Crippen MR) is 86.7 cm³/mol. The van der Waals surface area contributed by atoms with E-state index in [4.69, 9.17) is 4.74 Å². The fourth-order valence-corrected chi connectivity index (χ4v) is 3.43. The summed E-state index contributed by atoms with van der Waals surface area (Å²) in [5.41, 5.74) is 0.999. The van der Waals surface area contributed by atoms with E-state index in [-0.39, 0.29) is 30.6 Å². The quantitative estimate of drug-likeness (QED) is 0.925. The molecule has 0 unspecified atom stereocenters. The fourth-order valence-electron chi connectivity index (χ4n) is 3.43. The Morgan fingerprint density at radius 1 is 1.22 bits per heavy atom. The maximum Gasteiger partial charge on any atom is 0.249 e. The second kappa shape index (κ2) is 7.59. The lowest BCUT2D eigenvalue weighted by atomic mass is 10.0. The van der Waals surface area contributed by atoms with Gasteiger partial charge >= 0.3 is 0 Å². The fraction of sp³-hybridized carbons (Fsp3) is 0.556. The van der Waals surface area contributed by atoms with Gasteiger partial charge in [0.1, 0.15) is 6.61 Å². The molecule has 1 heterocycles. The van der Waals surface area contributed by atoms with Crippen molar-refractivity contribution in [1.82, 2.24) is 10.2 Å². The molecule has 0 bridgehead atoms. The lowest BCUT2D eigenvalue weighted by molar-refractivity contribution is -0.140. The number of nitrogens with zero attached hydrogens (tertiary/aromatic N) is 1. The number of ether oxygens (including phenoxy) is 1. The van der Waals surface area contributed by atoms with Crippen molar-refractivity contribution in [2.45, 2.75) is 44.2 Å². The lowest BCUT2D eigenvalue weighted by Gasteiger charge is -2.30. The normalized spacial score (nSPS) is 22.7. The molecule has 2 aliphatic rings. The Morgan fingerprint density at radius 3 is 2.70 bits per heavy atom. The second-order valence-electron chi connectivity index (χ2n) is 6.29. The Balaban J connectivity index is 1.70. The van der Waals surface area contributed by atoms with E-state index in [1.165, 1.54) is 12.8 Å². The molecule has 1 aromatic carbocycles. The average Bonchev–Trinajstić information content (AvgIpc) is 3.01. The average molecular weight is 316 g/mol. The molecule has 1 saturated heterocycles. The molecule has 0 aromatic heterocycles. The van der Waals surface area contributed by atoms with Gasteiger partial charge in [0.2, 0.25) is 11.8 Å². The molecule has 3 rings (SSSR count). The van der Waals surface area contributed by atoms with Crippen LogP contribution in [-0.2, 0) is 14.3 Å². The van der Waals surface area contributed by atoms with Crippen LogP contribution in [0.2, 0.25) is 0 Å². The molecular weight excluding hydrogens is 292 g/mol. The molecule has 1 atom stereocenters. The van der Waals surface area contributed by atoms with Gasteiger partial charge in [-0.25, -0.2) is 0 Å². The zero-order chi connectivity index (χ0) is 16.1. The van der Waals surface area contributed by atoms with E-state index in [1.807, 2.05) is 30.3 Å². The minimum atomic E-state index is -0.210. The Hall–Kier alpha value is -1.88. The number of carbonyl (C=O) groups excluding carboxylic acids is 2. The van der Waals surface area contributed by atoms with Crippen molar-refractivity contribution in [3.8, 4) is 0 Å². The van der Waals surface area contributed by atoms with Crippen molar-refractivity contribution in [2.24, 2.45) is 0 Å². The molecule has 1 aliphatic heterocycles. The molecule has 124 valence electrons. The highest BCUT2D eigenvalue weighted by atomic mass is 16.5. The van der Waals surface area contributed by atoms with Crippen LogP contribution in [0.5, 0.6) is 0 Å². The molecule has 0 radical (unpaired) electrons. The van der Waals surface area contributed by atoms with Crippen molar-refractivity contribution in [3.63, 3.8) is 0 Å². The van der Waals surface area contributed by atoms with Crippen molar-refractivity contribution < 1.29 is 14.3 Å². The maximum atomic E-state index is 12.7. The minimum absolute atomic E-state index is 0.00846. The number of rotatable bonds is 4. The Morgan fingerprint density at radius 2 is 1.96 bits per heavy atom. The van der Waals surface area contributed by atoms with Gasteiger partial charge < -0.3 is 15.0 Å². The van der Waals surface area contributed by atoms with E-state index >= 15 is 0 Å². The molecule has 2 amide bonds. The molecule has 1 N–H and O–H groups in total. The zero-order valence-electron chi connectivity index (χ0n) is 13.4. The van der Waals surface area contributed by atoms with Crippen molar-refractivity contribution in [2.75, 3.05) is 19.7 Å². The van der Waals surface area contributed by atoms with Crippen LogP contribution >= 0.6 is 0 Å². The van der Waals surface area contributed by atoms with E-state index in [9.17, 15) is 9.59 Å². The van der Waals surface area contributed by atoms with Crippen LogP contribution in [0.3, 0.4) is 0 Å². The molecule has 2 fully saturated rings. The van der Waals surface area contributed by atoms with Gasteiger partial charge in [-0.3, -0.25) is 9.59 Å². The summed E-state index contributed by atoms with van der Waals surface area (Å²) in [6, 6.07) is 9.56. The number of amides is 2. The summed E-state index contributed by atoms with van der Waals surface area (Å²) in [5.74, 6) is -0.0342. The Labute approximate surface area is 137 Å². The smallest absolute Gasteiger partial charge is 0.249 e. The van der Waals surface area contributed by atoms with Crippen molar-refractivity contribution >= 4 is 11.8 Å². The zero-order valence-corrected chi connectivity index (χ0v) is 13.4. The molecular formula is C18H24N2O3. The lowest BCUT2D eigenvalue weighted by Crippen LogP contribution is -2.39. The largest absolute Gasteiger partial charge is 0.368 e. The molecule has 0 spiro atoms. The van der Waals surface area contributed by atoms with Crippen LogP contribution in [0.25, 0.3) is 0 Å². The van der Waals surface area contributed by atoms with Crippen LogP contribution in [0.1, 0.15) is 43.7 Å². The first-order valence-corrected chi connectivity index (χ1v) is 8.47. The number of nitrogens with one attached hydrogen (secondary N) is 1. The van der Waals surface area contributed by atoms with E-state index in [2.05, 4.69) is 5.32 Å². The van der Waals surface area contributed by atoms with Crippen LogP contribution < -0.4 is 5.32 Å². The molecule has 5 heteroatoms. The molecule has 23 heavy (non-hydrogen) atoms. The summed E-state index contributed by atoms with van der Waals surface area (Å²) in [4.78, 5) is 26.4. The molecule has 1 aliphatic carbocycles. The van der Waals surface area contributed by atoms with Gasteiger partial charge in [0.25, 0.3) is 0 Å². The van der Waals surface area contributed by atoms with Gasteiger partial charge in [-0.1, -0.05) is 43.2 Å². The van der Waals surface area contributed by atoms with Crippen molar-refractivity contribution in [1.29, 1.82) is 0 Å². The standard InChI is InChI=1S/C18H24N2O3/c21-17-12-16(14-6-2-1-3-7-14)20(11-10-19-17)18(22)13-23-15-8-4-5-9-15/h1-3,6-7,15-16H,4-5,8-13H2,(H,19,21)/t16-/m0/s1. The van der Waals surface area contributed by atoms with Gasteiger partial charge in [-0.2, -0.15) is 0 Å². The van der Waals surface area contributed by atoms with Crippen LogP contribution in [0.4, 0.5) is 0 Å². The van der Waals surface area contributed by atoms with Gasteiger partial charge in [0.15, 0.2) is 0 Å². The number of hydrogen-bond donors (Lipinski definition) is 1. The third-order valence-electron chi connectivity index (χ3n) is 4.68. The molecule has 1 saturated carbocycles. The Bertz CT molecular complexity index is 540. The summed E-state index contributed by atoms with van der Waals surface area (Å²) in [6.45, 7) is 1.14. The maximum absolute atomic E-state index is 12.7. The first-order valence-electron chi connectivity index (χ1n) is 8.47. The van der Waals surface area contributed by atoms with Crippen LogP contribution in [-0.4, -0.2) is 42.5 Å². The molecule has 1 aromatic rings. The first-order chi connectivity index (χ1) is 11.2. The van der Waals surface area contributed by atoms with Crippen molar-refractivity contribution in [3.05, 3.63) is 35.9 Å². The number of carbonyl (C=O) groups is 2. The van der Waals surface area contributed by atoms with Gasteiger partial charge in [-0.15, -0.1) is 0 Å². The third-order valence-corrected chi connectivity index (χ3v) is 4.68. The topological polar surface area (TPSA) is 58.6 Å². The highest BCUT2D eigenvalue weighted by Gasteiger charge is 2.30. The van der Waals surface area contributed by atoms with Gasteiger partial charge in [0, 0.05) is 13.1 Å². The van der Waals surface area contributed by atoms with E-state index in [0.29, 0.717) is 19.5 Å². The van der Waals surface area contributed by atoms with Gasteiger partial charge in [-0.05, 0) is 18.4 Å². The first kappa shape index (κ1) is 16.0. The predicted octanol–water partition coefficient (Wildman–Crippen LogP) is 2.04. The van der Waals surface area contributed by atoms with Crippen LogP contribution in [0, 0.1) is 0 Å². The summed E-state index contributed by atoms with van der Waals surface area (Å²) in [7, 11) is 0. The summed E-state index contributed by atoms with van der Waals surface area (Å²) in [6.07, 6.45) is 5.01. The second-order valence-corrected chi connectivity index (χ2v) is 6.29. The van der Waals surface area contributed by atoms with E-state index in [0.717, 1.165) is 18.4 Å². The van der Waals surface area contributed by atoms with Gasteiger partial charge in [0.05, 0.1) is 18.6 Å². The summed E-state index contributed by atoms with van der Waals surface area (Å²) < 4.78 is 5.77. The highest BCUT2D eigenvalue weighted by molar-refractivity contribution is 5.82. The van der Waals surface area contributed by atoms with E-state index in [1.54, 1.807) is 4.90 Å². The van der Waals surface area contributed by atoms with E-state index < -0.39 is 0 Å². The number of benzene rings is 1. The monoisotopic (exact) mass is 316 g/mol.